The van der Waals surface area contributed by atoms with Gasteiger partial charge in [-0.15, -0.1) is 11.3 Å². The SMILES string of the molecule is COc1ccccc1NC(=O)Cn1cnc2sc(C(=O)NCCC3=CCCCC3)c(C)c2c1=O. The fourth-order valence-corrected chi connectivity index (χ4v) is 5.19. The molecule has 4 rings (SSSR count). The lowest BCUT2D eigenvalue weighted by Crippen LogP contribution is -2.28. The Bertz CT molecular complexity index is 1310. The number of nitrogens with zero attached hydrogens (tertiary/aromatic N) is 2. The molecule has 8 nitrogen and oxygen atoms in total. The Morgan fingerprint density at radius 3 is 2.82 bits per heavy atom. The monoisotopic (exact) mass is 480 g/mol. The summed E-state index contributed by atoms with van der Waals surface area (Å²) in [7, 11) is 1.52. The van der Waals surface area contributed by atoms with Crippen molar-refractivity contribution in [2.24, 2.45) is 0 Å². The Balaban J connectivity index is 1.47. The predicted molar refractivity (Wildman–Crippen MR) is 134 cm³/mol. The number of allylic oxidation sites excluding steroid dienone is 1. The fraction of sp³-hybridized carbons (Fsp3) is 0.360. The van der Waals surface area contributed by atoms with E-state index in [0.717, 1.165) is 19.3 Å². The molecule has 2 heterocycles. The summed E-state index contributed by atoms with van der Waals surface area (Å²) in [6, 6.07) is 7.05. The van der Waals surface area contributed by atoms with Crippen LogP contribution >= 0.6 is 11.3 Å². The molecule has 1 aliphatic rings. The number of rotatable bonds is 8. The maximum Gasteiger partial charge on any atom is 0.262 e. The molecule has 1 aromatic carbocycles. The van der Waals surface area contributed by atoms with E-state index in [4.69, 9.17) is 4.74 Å². The molecule has 0 atom stereocenters. The van der Waals surface area contributed by atoms with E-state index in [1.54, 1.807) is 31.2 Å². The summed E-state index contributed by atoms with van der Waals surface area (Å²) in [5.74, 6) is -0.0479. The summed E-state index contributed by atoms with van der Waals surface area (Å²) in [6.45, 7) is 2.12. The zero-order valence-corrected chi connectivity index (χ0v) is 20.2. The number of fused-ring (bicyclic) bond motifs is 1. The number of hydrogen-bond acceptors (Lipinski definition) is 6. The van der Waals surface area contributed by atoms with Gasteiger partial charge in [0, 0.05) is 6.54 Å². The van der Waals surface area contributed by atoms with Crippen LogP contribution in [0.3, 0.4) is 0 Å². The number of thiophene rings is 1. The van der Waals surface area contributed by atoms with E-state index in [1.807, 2.05) is 0 Å². The number of nitrogens with one attached hydrogen (secondary N) is 2. The van der Waals surface area contributed by atoms with Gasteiger partial charge in [0.05, 0.1) is 29.4 Å². The summed E-state index contributed by atoms with van der Waals surface area (Å²) in [5, 5.41) is 6.10. The van der Waals surface area contributed by atoms with Crippen LogP contribution in [0.4, 0.5) is 5.69 Å². The topological polar surface area (TPSA) is 102 Å². The average molecular weight is 481 g/mol. The van der Waals surface area contributed by atoms with Crippen molar-refractivity contribution < 1.29 is 14.3 Å². The summed E-state index contributed by atoms with van der Waals surface area (Å²) in [6.07, 6.45) is 9.14. The van der Waals surface area contributed by atoms with Crippen LogP contribution in [0.15, 0.2) is 47.0 Å². The van der Waals surface area contributed by atoms with Gasteiger partial charge in [-0.2, -0.15) is 0 Å². The van der Waals surface area contributed by atoms with E-state index < -0.39 is 0 Å². The van der Waals surface area contributed by atoms with Crippen LogP contribution in [0.2, 0.25) is 0 Å². The van der Waals surface area contributed by atoms with Gasteiger partial charge in [0.1, 0.15) is 17.1 Å². The van der Waals surface area contributed by atoms with E-state index >= 15 is 0 Å². The summed E-state index contributed by atoms with van der Waals surface area (Å²) in [5.41, 5.74) is 2.16. The maximum atomic E-state index is 13.1. The number of hydrogen-bond donors (Lipinski definition) is 2. The Morgan fingerprint density at radius 1 is 1.24 bits per heavy atom. The summed E-state index contributed by atoms with van der Waals surface area (Å²) >= 11 is 1.20. The molecule has 2 N–H and O–H groups in total. The number of aromatic nitrogens is 2. The normalized spacial score (nSPS) is 13.4. The van der Waals surface area contributed by atoms with Gasteiger partial charge in [0.2, 0.25) is 5.91 Å². The number of anilines is 1. The van der Waals surface area contributed by atoms with E-state index in [-0.39, 0.29) is 23.9 Å². The average Bonchev–Trinajstić information content (AvgIpc) is 3.19. The minimum absolute atomic E-state index is 0.197. The van der Waals surface area contributed by atoms with Gasteiger partial charge in [0.15, 0.2) is 0 Å². The molecule has 34 heavy (non-hydrogen) atoms. The number of amides is 2. The van der Waals surface area contributed by atoms with Gasteiger partial charge in [-0.3, -0.25) is 19.0 Å². The Morgan fingerprint density at radius 2 is 2.06 bits per heavy atom. The van der Waals surface area contributed by atoms with Gasteiger partial charge in [0.25, 0.3) is 11.5 Å². The number of methoxy groups -OCH3 is 1. The minimum Gasteiger partial charge on any atom is -0.495 e. The predicted octanol–water partition coefficient (Wildman–Crippen LogP) is 4.03. The van der Waals surface area contributed by atoms with Gasteiger partial charge < -0.3 is 15.4 Å². The molecular formula is C25H28N4O4S. The van der Waals surface area contributed by atoms with Crippen molar-refractivity contribution >= 4 is 39.1 Å². The third-order valence-corrected chi connectivity index (χ3v) is 7.13. The van der Waals surface area contributed by atoms with Gasteiger partial charge in [-0.05, 0) is 56.7 Å². The first-order valence-corrected chi connectivity index (χ1v) is 12.2. The number of aryl methyl sites for hydroxylation is 1. The Hall–Kier alpha value is -3.46. The molecule has 0 saturated heterocycles. The van der Waals surface area contributed by atoms with E-state index in [1.165, 1.54) is 47.8 Å². The molecule has 9 heteroatoms. The lowest BCUT2D eigenvalue weighted by atomic mass is 9.97. The largest absolute Gasteiger partial charge is 0.495 e. The molecule has 0 spiro atoms. The van der Waals surface area contributed by atoms with Crippen LogP contribution in [0, 0.1) is 6.92 Å². The van der Waals surface area contributed by atoms with Crippen molar-refractivity contribution in [2.75, 3.05) is 19.0 Å². The van der Waals surface area contributed by atoms with Crippen LogP contribution in [0.1, 0.15) is 47.3 Å². The number of ether oxygens (including phenoxy) is 1. The lowest BCUT2D eigenvalue weighted by Gasteiger charge is -2.12. The third-order valence-electron chi connectivity index (χ3n) is 5.94. The standard InChI is InChI=1S/C25H28N4O4S/c1-16-21-24(34-22(16)23(31)26-13-12-17-8-4-3-5-9-17)27-15-29(25(21)32)14-20(30)28-18-10-6-7-11-19(18)33-2/h6-8,10-11,15H,3-5,9,12-14H2,1-2H3,(H,26,31)(H,28,30). The van der Waals surface area contributed by atoms with Gasteiger partial charge in [-0.1, -0.05) is 23.8 Å². The molecule has 1 aliphatic carbocycles. The Kier molecular flexibility index (Phi) is 7.42. The van der Waals surface area contributed by atoms with Crippen molar-refractivity contribution in [2.45, 2.75) is 45.6 Å². The molecule has 2 amide bonds. The van der Waals surface area contributed by atoms with Gasteiger partial charge >= 0.3 is 0 Å². The minimum atomic E-state index is -0.379. The zero-order valence-electron chi connectivity index (χ0n) is 19.3. The van der Waals surface area contributed by atoms with E-state index in [0.29, 0.717) is 38.6 Å². The number of para-hydroxylation sites is 2. The van der Waals surface area contributed by atoms with E-state index in [9.17, 15) is 14.4 Å². The number of carbonyl (C=O) groups excluding carboxylic acids is 2. The highest BCUT2D eigenvalue weighted by atomic mass is 32.1. The van der Waals surface area contributed by atoms with Crippen molar-refractivity contribution in [3.8, 4) is 5.75 Å². The van der Waals surface area contributed by atoms with Crippen molar-refractivity contribution in [3.63, 3.8) is 0 Å². The molecular weight excluding hydrogens is 452 g/mol. The van der Waals surface area contributed by atoms with Gasteiger partial charge in [-0.25, -0.2) is 4.98 Å². The molecule has 0 bridgehead atoms. The lowest BCUT2D eigenvalue weighted by molar-refractivity contribution is -0.116. The quantitative estimate of drug-likeness (QED) is 0.474. The van der Waals surface area contributed by atoms with Crippen LogP contribution in [0.5, 0.6) is 5.75 Å². The second kappa shape index (κ2) is 10.6. The first-order chi connectivity index (χ1) is 16.5. The van der Waals surface area contributed by atoms with Crippen molar-refractivity contribution in [3.05, 3.63) is 63.0 Å². The van der Waals surface area contributed by atoms with Crippen LogP contribution in [0.25, 0.3) is 10.2 Å². The van der Waals surface area contributed by atoms with E-state index in [2.05, 4.69) is 21.7 Å². The molecule has 0 saturated carbocycles. The third kappa shape index (κ3) is 5.20. The zero-order chi connectivity index (χ0) is 24.1. The Labute approximate surface area is 201 Å². The smallest absolute Gasteiger partial charge is 0.262 e. The summed E-state index contributed by atoms with van der Waals surface area (Å²) in [4.78, 5) is 43.8. The molecule has 178 valence electrons. The fourth-order valence-electron chi connectivity index (χ4n) is 4.13. The second-order valence-corrected chi connectivity index (χ2v) is 9.28. The maximum absolute atomic E-state index is 13.1. The molecule has 0 aliphatic heterocycles. The highest BCUT2D eigenvalue weighted by molar-refractivity contribution is 7.20. The van der Waals surface area contributed by atoms with Crippen LogP contribution < -0.4 is 20.9 Å². The molecule has 0 fully saturated rings. The van der Waals surface area contributed by atoms with Crippen LogP contribution in [-0.2, 0) is 11.3 Å². The molecule has 0 unspecified atom stereocenters. The first kappa shape index (κ1) is 23.7. The molecule has 0 radical (unpaired) electrons. The second-order valence-electron chi connectivity index (χ2n) is 8.28. The first-order valence-electron chi connectivity index (χ1n) is 11.4. The molecule has 2 aromatic heterocycles. The van der Waals surface area contributed by atoms with Crippen LogP contribution in [-0.4, -0.2) is 35.0 Å². The number of carbonyl (C=O) groups is 2. The highest BCUT2D eigenvalue weighted by Crippen LogP contribution is 2.27. The highest BCUT2D eigenvalue weighted by Gasteiger charge is 2.20. The van der Waals surface area contributed by atoms with Crippen molar-refractivity contribution in [1.29, 1.82) is 0 Å². The molecule has 3 aromatic rings. The summed E-state index contributed by atoms with van der Waals surface area (Å²) < 4.78 is 6.50. The number of benzene rings is 1. The van der Waals surface area contributed by atoms with Crippen molar-refractivity contribution in [1.82, 2.24) is 14.9 Å².